The van der Waals surface area contributed by atoms with Crippen molar-refractivity contribution in [3.8, 4) is 28.7 Å². The standard InChI is InChI=1S/C19H20O7/c1-12(20)13-8-9-14(17(10-13)24-4)25-11-18(21)26-19-15(22-2)6-5-7-16(19)23-3/h5-10H,11H2,1-4H3. The second kappa shape index (κ2) is 8.75. The fourth-order valence-corrected chi connectivity index (χ4v) is 2.20. The maximum atomic E-state index is 12.1. The molecule has 0 heterocycles. The van der Waals surface area contributed by atoms with Crippen molar-refractivity contribution in [1.29, 1.82) is 0 Å². The minimum absolute atomic E-state index is 0.0995. The Morgan fingerprint density at radius 2 is 1.46 bits per heavy atom. The Morgan fingerprint density at radius 1 is 0.846 bits per heavy atom. The number of carbonyl (C=O) groups is 2. The van der Waals surface area contributed by atoms with Crippen molar-refractivity contribution in [1.82, 2.24) is 0 Å². The summed E-state index contributed by atoms with van der Waals surface area (Å²) in [7, 11) is 4.37. The van der Waals surface area contributed by atoms with Gasteiger partial charge in [0.05, 0.1) is 21.3 Å². The van der Waals surface area contributed by atoms with E-state index in [4.69, 9.17) is 23.7 Å². The van der Waals surface area contributed by atoms with E-state index in [0.717, 1.165) is 0 Å². The molecule has 0 fully saturated rings. The van der Waals surface area contributed by atoms with Crippen molar-refractivity contribution < 1.29 is 33.3 Å². The lowest BCUT2D eigenvalue weighted by atomic mass is 10.1. The molecule has 2 rings (SSSR count). The highest BCUT2D eigenvalue weighted by Gasteiger charge is 2.17. The molecule has 0 amide bonds. The number of benzene rings is 2. The van der Waals surface area contributed by atoms with Gasteiger partial charge in [-0.3, -0.25) is 4.79 Å². The summed E-state index contributed by atoms with van der Waals surface area (Å²) in [5.41, 5.74) is 0.482. The van der Waals surface area contributed by atoms with Crippen molar-refractivity contribution >= 4 is 11.8 Å². The lowest BCUT2D eigenvalue weighted by molar-refractivity contribution is -0.136. The Labute approximate surface area is 151 Å². The summed E-state index contributed by atoms with van der Waals surface area (Å²) in [5, 5.41) is 0. The normalized spacial score (nSPS) is 10.0. The first-order chi connectivity index (χ1) is 12.5. The van der Waals surface area contributed by atoms with Gasteiger partial charge in [0.1, 0.15) is 0 Å². The van der Waals surface area contributed by atoms with Gasteiger partial charge < -0.3 is 23.7 Å². The van der Waals surface area contributed by atoms with Gasteiger partial charge in [-0.15, -0.1) is 0 Å². The highest BCUT2D eigenvalue weighted by Crippen LogP contribution is 2.37. The number of hydrogen-bond acceptors (Lipinski definition) is 7. The maximum absolute atomic E-state index is 12.1. The Hall–Kier alpha value is -3.22. The van der Waals surface area contributed by atoms with Gasteiger partial charge in [-0.2, -0.15) is 0 Å². The Balaban J connectivity index is 2.09. The quantitative estimate of drug-likeness (QED) is 0.407. The van der Waals surface area contributed by atoms with Gasteiger partial charge in [-0.05, 0) is 37.3 Å². The van der Waals surface area contributed by atoms with Crippen LogP contribution >= 0.6 is 0 Å². The molecule has 2 aromatic carbocycles. The van der Waals surface area contributed by atoms with Gasteiger partial charge in [0.25, 0.3) is 0 Å². The molecule has 26 heavy (non-hydrogen) atoms. The predicted octanol–water partition coefficient (Wildman–Crippen LogP) is 2.90. The first-order valence-electron chi connectivity index (χ1n) is 7.73. The van der Waals surface area contributed by atoms with E-state index in [-0.39, 0.29) is 18.1 Å². The molecule has 0 aliphatic carbocycles. The van der Waals surface area contributed by atoms with Gasteiger partial charge in [-0.1, -0.05) is 6.07 Å². The summed E-state index contributed by atoms with van der Waals surface area (Å²) in [4.78, 5) is 23.6. The first kappa shape index (κ1) is 19.1. The Kier molecular flexibility index (Phi) is 6.43. The molecule has 7 heteroatoms. The number of ketones is 1. The largest absolute Gasteiger partial charge is 0.493 e. The molecule has 0 atom stereocenters. The van der Waals surface area contributed by atoms with Crippen LogP contribution in [0.25, 0.3) is 0 Å². The van der Waals surface area contributed by atoms with Crippen molar-refractivity contribution in [3.05, 3.63) is 42.0 Å². The minimum Gasteiger partial charge on any atom is -0.493 e. The highest BCUT2D eigenvalue weighted by molar-refractivity contribution is 5.94. The van der Waals surface area contributed by atoms with Crippen molar-refractivity contribution in [2.45, 2.75) is 6.92 Å². The third-order valence-corrected chi connectivity index (χ3v) is 3.51. The smallest absolute Gasteiger partial charge is 0.349 e. The lowest BCUT2D eigenvalue weighted by Gasteiger charge is -2.14. The monoisotopic (exact) mass is 360 g/mol. The van der Waals surface area contributed by atoms with Crippen LogP contribution in [-0.4, -0.2) is 39.7 Å². The van der Waals surface area contributed by atoms with Gasteiger partial charge in [-0.25, -0.2) is 4.79 Å². The van der Waals surface area contributed by atoms with E-state index < -0.39 is 5.97 Å². The first-order valence-corrected chi connectivity index (χ1v) is 7.73. The molecule has 0 aliphatic rings. The van der Waals surface area contributed by atoms with Gasteiger partial charge in [0.2, 0.25) is 5.75 Å². The molecular formula is C19H20O7. The molecule has 0 bridgehead atoms. The van der Waals surface area contributed by atoms with Crippen LogP contribution in [0, 0.1) is 0 Å². The van der Waals surface area contributed by atoms with E-state index in [2.05, 4.69) is 0 Å². The minimum atomic E-state index is -0.648. The zero-order valence-corrected chi connectivity index (χ0v) is 15.0. The number of methoxy groups -OCH3 is 3. The zero-order chi connectivity index (χ0) is 19.1. The van der Waals surface area contributed by atoms with Crippen molar-refractivity contribution in [3.63, 3.8) is 0 Å². The number of para-hydroxylation sites is 1. The summed E-state index contributed by atoms with van der Waals surface area (Å²) >= 11 is 0. The molecular weight excluding hydrogens is 340 g/mol. The SMILES string of the molecule is COc1cc(C(C)=O)ccc1OCC(=O)Oc1c(OC)cccc1OC. The van der Waals surface area contributed by atoms with Crippen LogP contribution in [0.1, 0.15) is 17.3 Å². The number of hydrogen-bond donors (Lipinski definition) is 0. The summed E-state index contributed by atoms with van der Waals surface area (Å²) in [6.45, 7) is 1.09. The molecule has 0 radical (unpaired) electrons. The van der Waals surface area contributed by atoms with E-state index >= 15 is 0 Å². The van der Waals surface area contributed by atoms with E-state index in [1.165, 1.54) is 28.3 Å². The van der Waals surface area contributed by atoms with Gasteiger partial charge in [0, 0.05) is 5.56 Å². The molecule has 0 saturated heterocycles. The average molecular weight is 360 g/mol. The number of Topliss-reactive ketones (excluding diaryl/α,β-unsaturated/α-hetero) is 1. The summed E-state index contributed by atoms with van der Waals surface area (Å²) in [6.07, 6.45) is 0. The lowest BCUT2D eigenvalue weighted by Crippen LogP contribution is -2.18. The van der Waals surface area contributed by atoms with E-state index in [9.17, 15) is 9.59 Å². The maximum Gasteiger partial charge on any atom is 0.349 e. The molecule has 138 valence electrons. The topological polar surface area (TPSA) is 80.3 Å². The van der Waals surface area contributed by atoms with E-state index in [0.29, 0.717) is 28.6 Å². The van der Waals surface area contributed by atoms with Gasteiger partial charge >= 0.3 is 5.97 Å². The molecule has 0 aromatic heterocycles. The molecule has 2 aromatic rings. The Bertz CT molecular complexity index is 776. The Morgan fingerprint density at radius 3 is 2.00 bits per heavy atom. The molecule has 0 unspecified atom stereocenters. The second-order valence-electron chi connectivity index (χ2n) is 5.18. The third-order valence-electron chi connectivity index (χ3n) is 3.51. The van der Waals surface area contributed by atoms with Crippen molar-refractivity contribution in [2.75, 3.05) is 27.9 Å². The zero-order valence-electron chi connectivity index (χ0n) is 15.0. The number of carbonyl (C=O) groups excluding carboxylic acids is 2. The fraction of sp³-hybridized carbons (Fsp3) is 0.263. The summed E-state index contributed by atoms with van der Waals surface area (Å²) in [6, 6.07) is 9.71. The summed E-state index contributed by atoms with van der Waals surface area (Å²) < 4.78 is 26.3. The van der Waals surface area contributed by atoms with Crippen LogP contribution in [-0.2, 0) is 4.79 Å². The van der Waals surface area contributed by atoms with Crippen LogP contribution in [0.4, 0.5) is 0 Å². The molecule has 0 aliphatic heterocycles. The van der Waals surface area contributed by atoms with Crippen molar-refractivity contribution in [2.24, 2.45) is 0 Å². The van der Waals surface area contributed by atoms with Gasteiger partial charge in [0.15, 0.2) is 35.4 Å². The van der Waals surface area contributed by atoms with Crippen LogP contribution in [0.5, 0.6) is 28.7 Å². The number of ether oxygens (including phenoxy) is 5. The molecule has 0 N–H and O–H groups in total. The molecule has 0 spiro atoms. The van der Waals surface area contributed by atoms with Crippen LogP contribution in [0.2, 0.25) is 0 Å². The van der Waals surface area contributed by atoms with Crippen LogP contribution in [0.15, 0.2) is 36.4 Å². The fourth-order valence-electron chi connectivity index (χ4n) is 2.20. The van der Waals surface area contributed by atoms with Crippen LogP contribution < -0.4 is 23.7 Å². The molecule has 7 nitrogen and oxygen atoms in total. The second-order valence-corrected chi connectivity index (χ2v) is 5.18. The number of rotatable bonds is 8. The highest BCUT2D eigenvalue weighted by atomic mass is 16.6. The average Bonchev–Trinajstić information content (AvgIpc) is 2.66. The predicted molar refractivity (Wildman–Crippen MR) is 93.7 cm³/mol. The van der Waals surface area contributed by atoms with Crippen LogP contribution in [0.3, 0.4) is 0 Å². The number of esters is 1. The van der Waals surface area contributed by atoms with E-state index in [1.807, 2.05) is 0 Å². The molecule has 0 saturated carbocycles. The summed E-state index contributed by atoms with van der Waals surface area (Å²) in [5.74, 6) is 0.817. The van der Waals surface area contributed by atoms with E-state index in [1.54, 1.807) is 36.4 Å². The third kappa shape index (κ3) is 4.44.